The van der Waals surface area contributed by atoms with Gasteiger partial charge in [0.05, 0.1) is 0 Å². The highest BCUT2D eigenvalue weighted by Gasteiger charge is 1.86. The van der Waals surface area contributed by atoms with Gasteiger partial charge in [-0.15, -0.1) is 0 Å². The van der Waals surface area contributed by atoms with Gasteiger partial charge in [-0.2, -0.15) is 0 Å². The molecule has 2 heteroatoms. The van der Waals surface area contributed by atoms with Crippen LogP contribution in [-0.4, -0.2) is 15.7 Å². The molecule has 0 spiro atoms. The second-order valence-electron chi connectivity index (χ2n) is 1.40. The third kappa shape index (κ3) is 4.46. The van der Waals surface area contributed by atoms with Crippen LogP contribution >= 0.6 is 0 Å². The van der Waals surface area contributed by atoms with Gasteiger partial charge in [0, 0.05) is 0 Å². The van der Waals surface area contributed by atoms with Crippen LogP contribution in [0.3, 0.4) is 0 Å². The monoisotopic (exact) mass is 104 g/mol. The summed E-state index contributed by atoms with van der Waals surface area (Å²) in [4.78, 5) is 0. The van der Waals surface area contributed by atoms with Crippen LogP contribution in [-0.2, 0) is 0 Å². The van der Waals surface area contributed by atoms with Crippen molar-refractivity contribution in [2.24, 2.45) is 0 Å². The molecule has 0 aromatic carbocycles. The first-order chi connectivity index (χ1) is 2.91. The van der Waals surface area contributed by atoms with Crippen molar-refractivity contribution in [1.29, 1.82) is 0 Å². The topological polar surface area (TPSA) is 0 Å². The van der Waals surface area contributed by atoms with E-state index in [-0.39, 0.29) is 0 Å². The Bertz CT molecular complexity index is 19.5. The molecule has 0 aliphatic heterocycles. The van der Waals surface area contributed by atoms with Crippen molar-refractivity contribution in [3.05, 3.63) is 0 Å². The van der Waals surface area contributed by atoms with Crippen LogP contribution in [0.1, 0.15) is 19.8 Å². The Hall–Kier alpha value is 0.462. The van der Waals surface area contributed by atoms with Crippen LogP contribution in [0.2, 0.25) is 5.28 Å². The minimum atomic E-state index is -1.10. The number of unbranched alkanes of at least 4 members (excludes halogenated alkanes) is 1. The van der Waals surface area contributed by atoms with Gasteiger partial charge in [0.2, 0.25) is 0 Å². The van der Waals surface area contributed by atoms with Crippen molar-refractivity contribution in [2.75, 3.05) is 0 Å². The van der Waals surface area contributed by atoms with Gasteiger partial charge >= 0.3 is 15.7 Å². The summed E-state index contributed by atoms with van der Waals surface area (Å²) in [5.74, 6) is 0. The highest BCUT2D eigenvalue weighted by molar-refractivity contribution is 6.25. The molecular weight excluding hydrogens is 94.0 g/mol. The zero-order valence-electron chi connectivity index (χ0n) is 4.21. The standard InChI is InChI=1S/C4H9.Al.FH.H/c1-3-4-2;;;/h1,3-4H2,2H3;;1H;/q;+1;;/p-1. The van der Waals surface area contributed by atoms with E-state index < -0.39 is 15.7 Å². The Labute approximate surface area is 44.9 Å². The van der Waals surface area contributed by atoms with Gasteiger partial charge in [-0.05, 0) is 0 Å². The molecule has 0 aliphatic rings. The molecule has 0 fully saturated rings. The molecule has 0 bridgehead atoms. The first-order valence-corrected chi connectivity index (χ1v) is 4.01. The fourth-order valence-corrected chi connectivity index (χ4v) is 1.03. The van der Waals surface area contributed by atoms with Crippen LogP contribution < -0.4 is 0 Å². The van der Waals surface area contributed by atoms with E-state index in [0.717, 1.165) is 18.1 Å². The van der Waals surface area contributed by atoms with Crippen LogP contribution in [0.4, 0.5) is 3.52 Å². The van der Waals surface area contributed by atoms with E-state index in [2.05, 4.69) is 6.92 Å². The highest BCUT2D eigenvalue weighted by Crippen LogP contribution is 1.91. The minimum Gasteiger partial charge on any atom is -0.424 e. The van der Waals surface area contributed by atoms with Gasteiger partial charge in [-0.3, -0.25) is 0 Å². The third-order valence-corrected chi connectivity index (χ3v) is 1.50. The molecule has 36 valence electrons. The van der Waals surface area contributed by atoms with Gasteiger partial charge in [0.1, 0.15) is 0 Å². The van der Waals surface area contributed by atoms with Crippen molar-refractivity contribution in [3.63, 3.8) is 0 Å². The molecular formula is C4H10AlF. The zero-order chi connectivity index (χ0) is 4.83. The summed E-state index contributed by atoms with van der Waals surface area (Å²) in [6.07, 6.45) is 2.25. The van der Waals surface area contributed by atoms with Crippen LogP contribution in [0, 0.1) is 0 Å². The normalized spacial score (nSPS) is 8.33. The Morgan fingerprint density at radius 3 is 2.50 bits per heavy atom. The average molecular weight is 104 g/mol. The summed E-state index contributed by atoms with van der Waals surface area (Å²) in [5, 5.41) is 0.885. The summed E-state index contributed by atoms with van der Waals surface area (Å²) in [5.41, 5.74) is 0. The maximum absolute atomic E-state index is 11.3. The SMILES string of the molecule is CCC[CH2][AlH][F]. The lowest BCUT2D eigenvalue weighted by molar-refractivity contribution is 0.808. The largest absolute Gasteiger partial charge is 0.494 e. The summed E-state index contributed by atoms with van der Waals surface area (Å²) >= 11 is -1.10. The molecule has 0 saturated heterocycles. The zero-order valence-corrected chi connectivity index (χ0v) is 5.62. The molecule has 0 rings (SSSR count). The highest BCUT2D eigenvalue weighted by atomic mass is 27.2. The van der Waals surface area contributed by atoms with Crippen LogP contribution in [0.5, 0.6) is 0 Å². The van der Waals surface area contributed by atoms with Crippen LogP contribution in [0.25, 0.3) is 0 Å². The molecule has 0 aromatic heterocycles. The van der Waals surface area contributed by atoms with Gasteiger partial charge in [-0.25, -0.2) is 0 Å². The van der Waals surface area contributed by atoms with Gasteiger partial charge in [0.25, 0.3) is 0 Å². The molecule has 0 radical (unpaired) electrons. The lowest BCUT2D eigenvalue weighted by atomic mass is 10.4. The molecule has 0 aliphatic carbocycles. The lowest BCUT2D eigenvalue weighted by Crippen LogP contribution is -1.75. The van der Waals surface area contributed by atoms with Crippen molar-refractivity contribution < 1.29 is 3.52 Å². The number of rotatable bonds is 3. The van der Waals surface area contributed by atoms with Crippen molar-refractivity contribution in [2.45, 2.75) is 25.0 Å². The van der Waals surface area contributed by atoms with E-state index in [1.165, 1.54) is 0 Å². The van der Waals surface area contributed by atoms with E-state index in [4.69, 9.17) is 0 Å². The molecule has 0 unspecified atom stereocenters. The average Bonchev–Trinajstić information content (AvgIpc) is 1.61. The number of halogens is 1. The second kappa shape index (κ2) is 5.46. The van der Waals surface area contributed by atoms with E-state index in [0.29, 0.717) is 0 Å². The molecule has 6 heavy (non-hydrogen) atoms. The quantitative estimate of drug-likeness (QED) is 0.376. The van der Waals surface area contributed by atoms with E-state index in [9.17, 15) is 3.52 Å². The number of hydrogen-bond donors (Lipinski definition) is 0. The molecule has 0 N–H and O–H groups in total. The predicted octanol–water partition coefficient (Wildman–Crippen LogP) is 1.53. The number of hydrogen-bond acceptors (Lipinski definition) is 0. The van der Waals surface area contributed by atoms with Crippen molar-refractivity contribution in [3.8, 4) is 0 Å². The summed E-state index contributed by atoms with van der Waals surface area (Å²) in [6.45, 7) is 2.09. The minimum absolute atomic E-state index is 0.885. The summed E-state index contributed by atoms with van der Waals surface area (Å²) < 4.78 is 11.3. The van der Waals surface area contributed by atoms with Crippen molar-refractivity contribution >= 4 is 15.7 Å². The second-order valence-corrected chi connectivity index (χ2v) is 2.48. The fourth-order valence-electron chi connectivity index (χ4n) is 0.344. The Kier molecular flexibility index (Phi) is 5.88. The Balaban J connectivity index is 2.34. The molecule has 0 atom stereocenters. The van der Waals surface area contributed by atoms with E-state index in [1.807, 2.05) is 0 Å². The van der Waals surface area contributed by atoms with Gasteiger partial charge in [-0.1, -0.05) is 25.0 Å². The molecule has 0 nitrogen and oxygen atoms in total. The molecule has 0 saturated carbocycles. The first kappa shape index (κ1) is 6.46. The fraction of sp³-hybridized carbons (Fsp3) is 1.00. The molecule has 0 aromatic rings. The molecule has 0 amide bonds. The smallest absolute Gasteiger partial charge is 0.424 e. The van der Waals surface area contributed by atoms with Gasteiger partial charge in [0.15, 0.2) is 0 Å². The van der Waals surface area contributed by atoms with Crippen molar-refractivity contribution in [1.82, 2.24) is 0 Å². The van der Waals surface area contributed by atoms with Gasteiger partial charge < -0.3 is 3.52 Å². The lowest BCUT2D eigenvalue weighted by Gasteiger charge is -1.81. The third-order valence-electron chi connectivity index (χ3n) is 0.737. The maximum Gasteiger partial charge on any atom is 0.494 e. The predicted molar refractivity (Wildman–Crippen MR) is 28.0 cm³/mol. The maximum atomic E-state index is 11.3. The molecule has 0 heterocycles. The Morgan fingerprint density at radius 1 is 1.67 bits per heavy atom. The first-order valence-electron chi connectivity index (χ1n) is 2.47. The van der Waals surface area contributed by atoms with E-state index in [1.54, 1.807) is 0 Å². The Morgan fingerprint density at radius 2 is 2.33 bits per heavy atom. The summed E-state index contributed by atoms with van der Waals surface area (Å²) in [6, 6.07) is 0. The van der Waals surface area contributed by atoms with E-state index >= 15 is 0 Å². The van der Waals surface area contributed by atoms with Crippen LogP contribution in [0.15, 0.2) is 0 Å². The summed E-state index contributed by atoms with van der Waals surface area (Å²) in [7, 11) is 0.